The molecule has 1 N–H and O–H groups in total. The standard InChI is InChI=1S/C16H23N3O4S/c20-19(21)15-8-1-2-9-16(15)24(22,23)18-11-4-3-7-14(18)13-6-5-10-17-12-13/h1-2,8-9,13-14,17H,3-7,10-12H2. The van der Waals surface area contributed by atoms with Gasteiger partial charge < -0.3 is 5.32 Å². The lowest BCUT2D eigenvalue weighted by Crippen LogP contribution is -2.51. The highest BCUT2D eigenvalue weighted by Crippen LogP contribution is 2.34. The first kappa shape index (κ1) is 17.3. The Morgan fingerprint density at radius 3 is 2.67 bits per heavy atom. The van der Waals surface area contributed by atoms with E-state index in [1.165, 1.54) is 22.5 Å². The van der Waals surface area contributed by atoms with Crippen LogP contribution < -0.4 is 5.32 Å². The number of benzene rings is 1. The molecule has 132 valence electrons. The molecule has 0 radical (unpaired) electrons. The molecule has 2 unspecified atom stereocenters. The van der Waals surface area contributed by atoms with Gasteiger partial charge in [-0.3, -0.25) is 10.1 Å². The van der Waals surface area contributed by atoms with Crippen LogP contribution in [0.2, 0.25) is 0 Å². The smallest absolute Gasteiger partial charge is 0.289 e. The fourth-order valence-electron chi connectivity index (χ4n) is 3.86. The minimum Gasteiger partial charge on any atom is -0.316 e. The molecule has 0 aromatic heterocycles. The number of piperidine rings is 2. The molecule has 1 aromatic carbocycles. The average molecular weight is 353 g/mol. The Morgan fingerprint density at radius 1 is 1.17 bits per heavy atom. The van der Waals surface area contributed by atoms with Crippen molar-refractivity contribution in [3.63, 3.8) is 0 Å². The summed E-state index contributed by atoms with van der Waals surface area (Å²) < 4.78 is 27.9. The first-order chi connectivity index (χ1) is 11.5. The maximum absolute atomic E-state index is 13.2. The monoisotopic (exact) mass is 353 g/mol. The van der Waals surface area contributed by atoms with Crippen molar-refractivity contribution in [2.45, 2.75) is 43.0 Å². The first-order valence-electron chi connectivity index (χ1n) is 8.48. The predicted octanol–water partition coefficient (Wildman–Crippen LogP) is 2.14. The zero-order valence-electron chi connectivity index (χ0n) is 13.6. The summed E-state index contributed by atoms with van der Waals surface area (Å²) >= 11 is 0. The van der Waals surface area contributed by atoms with Crippen molar-refractivity contribution in [1.82, 2.24) is 9.62 Å². The third-order valence-corrected chi connectivity index (χ3v) is 7.00. The van der Waals surface area contributed by atoms with Crippen molar-refractivity contribution in [2.24, 2.45) is 5.92 Å². The van der Waals surface area contributed by atoms with Gasteiger partial charge in [-0.2, -0.15) is 4.31 Å². The maximum atomic E-state index is 13.2. The quantitative estimate of drug-likeness (QED) is 0.661. The van der Waals surface area contributed by atoms with Gasteiger partial charge in [-0.05, 0) is 50.8 Å². The Hall–Kier alpha value is -1.51. The molecule has 0 spiro atoms. The third kappa shape index (κ3) is 3.31. The second-order valence-corrected chi connectivity index (χ2v) is 8.37. The summed E-state index contributed by atoms with van der Waals surface area (Å²) in [6.45, 7) is 2.23. The van der Waals surface area contributed by atoms with Crippen LogP contribution in [0, 0.1) is 16.0 Å². The summed E-state index contributed by atoms with van der Waals surface area (Å²) in [5.41, 5.74) is -0.344. The van der Waals surface area contributed by atoms with Crippen LogP contribution in [0.15, 0.2) is 29.2 Å². The zero-order valence-corrected chi connectivity index (χ0v) is 14.4. The molecule has 0 aliphatic carbocycles. The molecule has 0 bridgehead atoms. The Bertz CT molecular complexity index is 701. The topological polar surface area (TPSA) is 92.5 Å². The highest BCUT2D eigenvalue weighted by molar-refractivity contribution is 7.89. The van der Waals surface area contributed by atoms with Gasteiger partial charge in [-0.1, -0.05) is 18.6 Å². The van der Waals surface area contributed by atoms with Gasteiger partial charge in [0.05, 0.1) is 4.92 Å². The molecule has 7 nitrogen and oxygen atoms in total. The molecule has 1 aromatic rings. The highest BCUT2D eigenvalue weighted by atomic mass is 32.2. The fourth-order valence-corrected chi connectivity index (χ4v) is 5.77. The van der Waals surface area contributed by atoms with Gasteiger partial charge in [0.15, 0.2) is 4.90 Å². The molecule has 2 aliphatic rings. The van der Waals surface area contributed by atoms with Crippen molar-refractivity contribution in [2.75, 3.05) is 19.6 Å². The number of nitro groups is 1. The molecule has 0 amide bonds. The Morgan fingerprint density at radius 2 is 1.96 bits per heavy atom. The average Bonchev–Trinajstić information content (AvgIpc) is 2.62. The van der Waals surface area contributed by atoms with Gasteiger partial charge in [0.2, 0.25) is 10.0 Å². The van der Waals surface area contributed by atoms with E-state index in [0.29, 0.717) is 6.54 Å². The van der Waals surface area contributed by atoms with E-state index in [9.17, 15) is 18.5 Å². The van der Waals surface area contributed by atoms with Crippen LogP contribution in [0.4, 0.5) is 5.69 Å². The summed E-state index contributed by atoms with van der Waals surface area (Å²) in [6, 6.07) is 5.57. The van der Waals surface area contributed by atoms with Crippen LogP contribution >= 0.6 is 0 Å². The second-order valence-electron chi connectivity index (χ2n) is 6.51. The van der Waals surface area contributed by atoms with Crippen LogP contribution in [-0.2, 0) is 10.0 Å². The number of nitrogens with one attached hydrogen (secondary N) is 1. The van der Waals surface area contributed by atoms with Crippen molar-refractivity contribution in [3.8, 4) is 0 Å². The zero-order chi connectivity index (χ0) is 17.2. The van der Waals surface area contributed by atoms with E-state index >= 15 is 0 Å². The van der Waals surface area contributed by atoms with E-state index < -0.39 is 14.9 Å². The van der Waals surface area contributed by atoms with Crippen molar-refractivity contribution < 1.29 is 13.3 Å². The molecular formula is C16H23N3O4S. The SMILES string of the molecule is O=[N+]([O-])c1ccccc1S(=O)(=O)N1CCCCC1C1CCCNC1. The fraction of sp³-hybridized carbons (Fsp3) is 0.625. The molecule has 2 heterocycles. The van der Waals surface area contributed by atoms with Crippen molar-refractivity contribution in [3.05, 3.63) is 34.4 Å². The molecule has 0 saturated carbocycles. The van der Waals surface area contributed by atoms with E-state index in [2.05, 4.69) is 5.32 Å². The van der Waals surface area contributed by atoms with Crippen LogP contribution in [0.5, 0.6) is 0 Å². The molecule has 2 atom stereocenters. The van der Waals surface area contributed by atoms with Crippen LogP contribution in [0.3, 0.4) is 0 Å². The number of hydrogen-bond acceptors (Lipinski definition) is 5. The molecular weight excluding hydrogens is 330 g/mol. The van der Waals surface area contributed by atoms with Gasteiger partial charge in [-0.25, -0.2) is 8.42 Å². The predicted molar refractivity (Wildman–Crippen MR) is 90.2 cm³/mol. The third-order valence-electron chi connectivity index (χ3n) is 5.03. The van der Waals surface area contributed by atoms with Crippen LogP contribution in [0.1, 0.15) is 32.1 Å². The number of nitrogens with zero attached hydrogens (tertiary/aromatic N) is 2. The molecule has 2 fully saturated rings. The number of hydrogen-bond donors (Lipinski definition) is 1. The molecule has 2 saturated heterocycles. The Labute approximate surface area is 142 Å². The van der Waals surface area contributed by atoms with Gasteiger partial charge in [-0.15, -0.1) is 0 Å². The number of rotatable bonds is 4. The van der Waals surface area contributed by atoms with Crippen LogP contribution in [0.25, 0.3) is 0 Å². The van der Waals surface area contributed by atoms with Gasteiger partial charge >= 0.3 is 0 Å². The number of nitro benzene ring substituents is 1. The summed E-state index contributed by atoms with van der Waals surface area (Å²) in [6.07, 6.45) is 4.67. The second kappa shape index (κ2) is 7.16. The molecule has 2 aliphatic heterocycles. The summed E-state index contributed by atoms with van der Waals surface area (Å²) in [4.78, 5) is 10.4. The van der Waals surface area contributed by atoms with E-state index in [0.717, 1.165) is 45.2 Å². The van der Waals surface area contributed by atoms with E-state index in [-0.39, 0.29) is 22.5 Å². The molecule has 24 heavy (non-hydrogen) atoms. The first-order valence-corrected chi connectivity index (χ1v) is 9.92. The van der Waals surface area contributed by atoms with E-state index in [4.69, 9.17) is 0 Å². The van der Waals surface area contributed by atoms with E-state index in [1.807, 2.05) is 0 Å². The minimum atomic E-state index is -3.87. The highest BCUT2D eigenvalue weighted by Gasteiger charge is 2.40. The lowest BCUT2D eigenvalue weighted by Gasteiger charge is -2.40. The Kier molecular flexibility index (Phi) is 5.17. The number of para-hydroxylation sites is 1. The van der Waals surface area contributed by atoms with Gasteiger partial charge in [0.1, 0.15) is 0 Å². The van der Waals surface area contributed by atoms with Crippen molar-refractivity contribution in [1.29, 1.82) is 0 Å². The minimum absolute atomic E-state index is 0.0728. The molecule has 8 heteroatoms. The van der Waals surface area contributed by atoms with Gasteiger partial charge in [0.25, 0.3) is 5.69 Å². The van der Waals surface area contributed by atoms with Crippen molar-refractivity contribution >= 4 is 15.7 Å². The number of sulfonamides is 1. The summed E-state index contributed by atoms with van der Waals surface area (Å²) in [7, 11) is -3.87. The Balaban J connectivity index is 1.96. The maximum Gasteiger partial charge on any atom is 0.289 e. The largest absolute Gasteiger partial charge is 0.316 e. The van der Waals surface area contributed by atoms with Gasteiger partial charge in [0, 0.05) is 18.7 Å². The lowest BCUT2D eigenvalue weighted by molar-refractivity contribution is -0.387. The molecule has 3 rings (SSSR count). The van der Waals surface area contributed by atoms with Crippen LogP contribution in [-0.4, -0.2) is 43.3 Å². The van der Waals surface area contributed by atoms with E-state index in [1.54, 1.807) is 6.07 Å². The lowest BCUT2D eigenvalue weighted by atomic mass is 9.87. The summed E-state index contributed by atoms with van der Waals surface area (Å²) in [5, 5.41) is 14.6. The summed E-state index contributed by atoms with van der Waals surface area (Å²) in [5.74, 6) is 0.275. The normalized spacial score (nSPS) is 26.2.